The van der Waals surface area contributed by atoms with E-state index in [1.807, 2.05) is 24.3 Å². The second kappa shape index (κ2) is 6.13. The maximum atomic E-state index is 11.7. The van der Waals surface area contributed by atoms with Gasteiger partial charge in [-0.15, -0.1) is 11.8 Å². The summed E-state index contributed by atoms with van der Waals surface area (Å²) >= 11 is 1.69. The molecule has 0 aliphatic carbocycles. The van der Waals surface area contributed by atoms with Crippen molar-refractivity contribution in [2.24, 2.45) is 0 Å². The molecule has 0 saturated carbocycles. The van der Waals surface area contributed by atoms with Crippen LogP contribution in [0.5, 0.6) is 0 Å². The number of rotatable bonds is 4. The number of fused-ring (bicyclic) bond motifs is 1. The predicted octanol–water partition coefficient (Wildman–Crippen LogP) is 5.08. The molecule has 4 heteroatoms. The Morgan fingerprint density at radius 2 is 1.78 bits per heavy atom. The van der Waals surface area contributed by atoms with Crippen LogP contribution in [0.15, 0.2) is 41.3 Å². The van der Waals surface area contributed by atoms with E-state index in [0.717, 1.165) is 16.6 Å². The molecule has 0 saturated heterocycles. The monoisotopic (exact) mass is 325 g/mol. The molecule has 0 aliphatic heterocycles. The molecule has 0 bridgehead atoms. The van der Waals surface area contributed by atoms with Gasteiger partial charge in [0.1, 0.15) is 0 Å². The molecule has 1 aromatic heterocycles. The van der Waals surface area contributed by atoms with Crippen molar-refractivity contribution < 1.29 is 9.90 Å². The van der Waals surface area contributed by atoms with Gasteiger partial charge in [-0.2, -0.15) is 0 Å². The summed E-state index contributed by atoms with van der Waals surface area (Å²) in [5.74, 6) is -0.267. The van der Waals surface area contributed by atoms with Crippen LogP contribution in [0.25, 0.3) is 10.9 Å². The molecule has 23 heavy (non-hydrogen) atoms. The van der Waals surface area contributed by atoms with Crippen LogP contribution in [0.1, 0.15) is 32.7 Å². The molecule has 1 heterocycles. The number of hydrogen-bond acceptors (Lipinski definition) is 2. The number of para-hydroxylation sites is 1. The van der Waals surface area contributed by atoms with E-state index in [1.165, 1.54) is 21.6 Å². The average molecular weight is 325 g/mol. The average Bonchev–Trinajstić information content (AvgIpc) is 2.84. The second-order valence-electron chi connectivity index (χ2n) is 5.85. The molecule has 0 spiro atoms. The first-order valence-corrected chi connectivity index (χ1v) is 8.49. The van der Waals surface area contributed by atoms with Gasteiger partial charge in [0.15, 0.2) is 0 Å². The van der Waals surface area contributed by atoms with E-state index in [9.17, 15) is 9.90 Å². The van der Waals surface area contributed by atoms with E-state index < -0.39 is 5.97 Å². The normalized spacial score (nSPS) is 11.1. The molecule has 0 fully saturated rings. The number of benzene rings is 2. The topological polar surface area (TPSA) is 53.1 Å². The van der Waals surface area contributed by atoms with E-state index in [2.05, 4.69) is 37.9 Å². The van der Waals surface area contributed by atoms with E-state index in [0.29, 0.717) is 11.3 Å². The van der Waals surface area contributed by atoms with Gasteiger partial charge in [-0.3, -0.25) is 0 Å². The maximum Gasteiger partial charge on any atom is 0.338 e. The third-order valence-corrected chi connectivity index (χ3v) is 5.33. The number of thioether (sulfide) groups is 1. The third-order valence-electron chi connectivity index (χ3n) is 3.96. The minimum atomic E-state index is -0.879. The first kappa shape index (κ1) is 15.7. The van der Waals surface area contributed by atoms with Crippen LogP contribution in [0.2, 0.25) is 0 Å². The number of H-pyrrole nitrogens is 1. The molecule has 3 rings (SSSR count). The van der Waals surface area contributed by atoms with Crippen molar-refractivity contribution in [3.63, 3.8) is 0 Å². The summed E-state index contributed by atoms with van der Waals surface area (Å²) < 4.78 is 0. The Hall–Kier alpha value is -2.20. The van der Waals surface area contributed by atoms with E-state index in [4.69, 9.17) is 0 Å². The number of aryl methyl sites for hydroxylation is 3. The number of aromatic carboxylic acids is 1. The van der Waals surface area contributed by atoms with Crippen molar-refractivity contribution in [1.29, 1.82) is 0 Å². The van der Waals surface area contributed by atoms with E-state index in [-0.39, 0.29) is 0 Å². The number of aromatic nitrogens is 1. The molecule has 118 valence electrons. The lowest BCUT2D eigenvalue weighted by atomic mass is 10.1. The molecule has 0 aliphatic rings. The second-order valence-corrected chi connectivity index (χ2v) is 6.83. The summed E-state index contributed by atoms with van der Waals surface area (Å²) in [5.41, 5.74) is 5.75. The van der Waals surface area contributed by atoms with Crippen LogP contribution in [0.4, 0.5) is 0 Å². The van der Waals surface area contributed by atoms with Gasteiger partial charge in [0.25, 0.3) is 0 Å². The van der Waals surface area contributed by atoms with Gasteiger partial charge in [0.05, 0.1) is 5.56 Å². The highest BCUT2D eigenvalue weighted by molar-refractivity contribution is 7.98. The fourth-order valence-electron chi connectivity index (χ4n) is 3.09. The Balaban J connectivity index is 1.97. The number of carboxylic acid groups (broad SMARTS) is 1. The first-order valence-electron chi connectivity index (χ1n) is 7.51. The van der Waals surface area contributed by atoms with Crippen molar-refractivity contribution in [3.05, 3.63) is 64.3 Å². The number of carboxylic acids is 1. The van der Waals surface area contributed by atoms with Gasteiger partial charge in [-0.25, -0.2) is 4.79 Å². The Labute approximate surface area is 139 Å². The van der Waals surface area contributed by atoms with Gasteiger partial charge >= 0.3 is 5.97 Å². The van der Waals surface area contributed by atoms with Crippen molar-refractivity contribution in [1.82, 2.24) is 4.98 Å². The molecule has 3 aromatic rings. The summed E-state index contributed by atoms with van der Waals surface area (Å²) in [4.78, 5) is 16.1. The van der Waals surface area contributed by atoms with Crippen LogP contribution in [-0.2, 0) is 5.75 Å². The number of hydrogen-bond donors (Lipinski definition) is 2. The van der Waals surface area contributed by atoms with Crippen LogP contribution in [0.3, 0.4) is 0 Å². The molecule has 2 N–H and O–H groups in total. The van der Waals surface area contributed by atoms with Crippen molar-refractivity contribution in [2.75, 3.05) is 0 Å². The summed E-state index contributed by atoms with van der Waals surface area (Å²) in [6.45, 7) is 6.30. The van der Waals surface area contributed by atoms with Crippen LogP contribution in [-0.4, -0.2) is 16.1 Å². The summed E-state index contributed by atoms with van der Waals surface area (Å²) in [6, 6.07) is 11.9. The maximum absolute atomic E-state index is 11.7. The van der Waals surface area contributed by atoms with Crippen molar-refractivity contribution in [2.45, 2.75) is 31.4 Å². The highest BCUT2D eigenvalue weighted by Gasteiger charge is 2.18. The summed E-state index contributed by atoms with van der Waals surface area (Å²) in [6.07, 6.45) is 0. The summed E-state index contributed by atoms with van der Waals surface area (Å²) in [7, 11) is 0. The van der Waals surface area contributed by atoms with Crippen LogP contribution >= 0.6 is 11.8 Å². The molecule has 2 aromatic carbocycles. The summed E-state index contributed by atoms with van der Waals surface area (Å²) in [5, 5.41) is 10.3. The molecule has 0 atom stereocenters. The highest BCUT2D eigenvalue weighted by atomic mass is 32.2. The zero-order valence-corrected chi connectivity index (χ0v) is 14.3. The SMILES string of the molecule is Cc1cc(C)c(SCc2[nH]c3ccccc3c2C(=O)O)c(C)c1. The van der Waals surface area contributed by atoms with Gasteiger partial charge in [0.2, 0.25) is 0 Å². The standard InChI is InChI=1S/C19H19NO2S/c1-11-8-12(2)18(13(3)9-11)23-10-16-17(19(21)22)14-6-4-5-7-15(14)20-16/h4-9,20H,10H2,1-3H3,(H,21,22). The quantitative estimate of drug-likeness (QED) is 0.657. The third kappa shape index (κ3) is 2.99. The van der Waals surface area contributed by atoms with E-state index >= 15 is 0 Å². The Morgan fingerprint density at radius 3 is 2.43 bits per heavy atom. The lowest BCUT2D eigenvalue weighted by Gasteiger charge is -2.10. The largest absolute Gasteiger partial charge is 0.478 e. The van der Waals surface area contributed by atoms with Crippen molar-refractivity contribution >= 4 is 28.6 Å². The molecular weight excluding hydrogens is 306 g/mol. The fourth-order valence-corrected chi connectivity index (χ4v) is 4.17. The molecular formula is C19H19NO2S. The van der Waals surface area contributed by atoms with Gasteiger partial charge in [-0.1, -0.05) is 35.9 Å². The van der Waals surface area contributed by atoms with Gasteiger partial charge in [-0.05, 0) is 38.0 Å². The zero-order chi connectivity index (χ0) is 16.6. The minimum absolute atomic E-state index is 0.385. The first-order chi connectivity index (χ1) is 11.0. The zero-order valence-electron chi connectivity index (χ0n) is 13.4. The predicted molar refractivity (Wildman–Crippen MR) is 95.5 cm³/mol. The minimum Gasteiger partial charge on any atom is -0.478 e. The molecule has 0 radical (unpaired) electrons. The molecule has 3 nitrogen and oxygen atoms in total. The van der Waals surface area contributed by atoms with Gasteiger partial charge < -0.3 is 10.1 Å². The molecule has 0 unspecified atom stereocenters. The van der Waals surface area contributed by atoms with Gasteiger partial charge in [0, 0.05) is 27.2 Å². The highest BCUT2D eigenvalue weighted by Crippen LogP contribution is 2.32. The smallest absolute Gasteiger partial charge is 0.338 e. The Morgan fingerprint density at radius 1 is 1.13 bits per heavy atom. The van der Waals surface area contributed by atoms with Crippen LogP contribution < -0.4 is 0 Å². The number of aromatic amines is 1. The lowest BCUT2D eigenvalue weighted by molar-refractivity contribution is 0.0698. The lowest BCUT2D eigenvalue weighted by Crippen LogP contribution is -2.00. The molecule has 0 amide bonds. The van der Waals surface area contributed by atoms with Crippen LogP contribution in [0, 0.1) is 20.8 Å². The van der Waals surface area contributed by atoms with Crippen molar-refractivity contribution in [3.8, 4) is 0 Å². The Bertz CT molecular complexity index is 873. The Kier molecular flexibility index (Phi) is 4.18. The number of carbonyl (C=O) groups is 1. The fraction of sp³-hybridized carbons (Fsp3) is 0.211. The number of nitrogens with one attached hydrogen (secondary N) is 1. The van der Waals surface area contributed by atoms with E-state index in [1.54, 1.807) is 11.8 Å².